The van der Waals surface area contributed by atoms with Crippen molar-refractivity contribution in [2.24, 2.45) is 0 Å². The summed E-state index contributed by atoms with van der Waals surface area (Å²) in [6.45, 7) is -0.477. The number of halogens is 6. The quantitative estimate of drug-likeness (QED) is 0.258. The normalized spacial score (nSPS) is 17.5. The molecule has 0 aromatic rings. The maximum absolute atomic E-state index is 12.2. The Labute approximate surface area is 148 Å². The minimum Gasteiger partial charge on any atom is -0.348 e. The predicted octanol–water partition coefficient (Wildman–Crippen LogP) is 2.90. The lowest BCUT2D eigenvalue weighted by molar-refractivity contribution is -0.173. The molecule has 0 radical (unpaired) electrons. The standard InChI is InChI=1S/C13H20F6N2O3SSi/c14-12(15,16)11(22)20-5-3-9-26(7-1-2-8-26)10-4-6-21-25(23,24)13(17,18)19/h1-2,21H,3-10H2,(H,20,22). The molecule has 1 aliphatic rings. The molecule has 0 bridgehead atoms. The molecule has 2 N–H and O–H groups in total. The second-order valence-electron chi connectivity index (χ2n) is 6.18. The molecule has 26 heavy (non-hydrogen) atoms. The van der Waals surface area contributed by atoms with Gasteiger partial charge < -0.3 is 5.32 Å². The Morgan fingerprint density at radius 3 is 1.92 bits per heavy atom. The van der Waals surface area contributed by atoms with Gasteiger partial charge in [-0.15, -0.1) is 0 Å². The summed E-state index contributed by atoms with van der Waals surface area (Å²) in [5, 5.41) is 1.79. The average Bonchev–Trinajstić information content (AvgIpc) is 2.95. The van der Waals surface area contributed by atoms with E-state index in [-0.39, 0.29) is 19.5 Å². The van der Waals surface area contributed by atoms with E-state index in [4.69, 9.17) is 0 Å². The van der Waals surface area contributed by atoms with Crippen molar-refractivity contribution in [1.29, 1.82) is 0 Å². The summed E-state index contributed by atoms with van der Waals surface area (Å²) in [7, 11) is -7.31. The summed E-state index contributed by atoms with van der Waals surface area (Å²) in [5.74, 6) is -2.00. The fourth-order valence-corrected chi connectivity index (χ4v) is 7.80. The van der Waals surface area contributed by atoms with Crippen molar-refractivity contribution >= 4 is 24.0 Å². The highest BCUT2D eigenvalue weighted by Crippen LogP contribution is 2.34. The summed E-state index contributed by atoms with van der Waals surface area (Å²) in [4.78, 5) is 10.7. The van der Waals surface area contributed by atoms with Crippen LogP contribution in [-0.4, -0.2) is 47.2 Å². The van der Waals surface area contributed by atoms with Crippen LogP contribution in [0, 0.1) is 0 Å². The zero-order valence-electron chi connectivity index (χ0n) is 13.7. The minimum absolute atomic E-state index is 0.131. The lowest BCUT2D eigenvalue weighted by Crippen LogP contribution is -2.39. The topological polar surface area (TPSA) is 75.3 Å². The Morgan fingerprint density at radius 2 is 1.46 bits per heavy atom. The molecule has 0 saturated heterocycles. The molecule has 1 heterocycles. The summed E-state index contributed by atoms with van der Waals surface area (Å²) < 4.78 is 96.3. The number of hydrogen-bond donors (Lipinski definition) is 2. The highest BCUT2D eigenvalue weighted by Gasteiger charge is 2.45. The second kappa shape index (κ2) is 8.74. The first-order valence-electron chi connectivity index (χ1n) is 7.85. The molecule has 0 aromatic carbocycles. The predicted molar refractivity (Wildman–Crippen MR) is 85.4 cm³/mol. The van der Waals surface area contributed by atoms with E-state index in [0.717, 1.165) is 12.1 Å². The molecule has 0 atom stereocenters. The Balaban J connectivity index is 2.40. The fourth-order valence-electron chi connectivity index (χ4n) is 2.80. The molecule has 1 amide bonds. The number of alkyl halides is 6. The molecule has 0 saturated carbocycles. The van der Waals surface area contributed by atoms with E-state index in [0.29, 0.717) is 18.5 Å². The monoisotopic (exact) mass is 426 g/mol. The maximum atomic E-state index is 12.2. The van der Waals surface area contributed by atoms with Crippen LogP contribution in [0.4, 0.5) is 26.3 Å². The number of carbonyl (C=O) groups is 1. The SMILES string of the molecule is O=C(NCCC[Si]1(CCCNS(=O)(=O)C(F)(F)F)CC=CC1)C(F)(F)F. The van der Waals surface area contributed by atoms with Gasteiger partial charge >= 0.3 is 27.6 Å². The molecular weight excluding hydrogens is 406 g/mol. The number of hydrogen-bond acceptors (Lipinski definition) is 3. The summed E-state index contributed by atoms with van der Waals surface area (Å²) in [6, 6.07) is 2.64. The zero-order valence-corrected chi connectivity index (χ0v) is 15.5. The highest BCUT2D eigenvalue weighted by molar-refractivity contribution is 7.90. The Morgan fingerprint density at radius 1 is 0.962 bits per heavy atom. The van der Waals surface area contributed by atoms with Crippen LogP contribution >= 0.6 is 0 Å². The molecule has 0 aromatic heterocycles. The third-order valence-corrected chi connectivity index (χ3v) is 10.4. The molecule has 13 heteroatoms. The molecular formula is C13H20F6N2O3SSi. The Kier molecular flexibility index (Phi) is 7.71. The smallest absolute Gasteiger partial charge is 0.348 e. The Hall–Kier alpha value is -1.08. The first-order chi connectivity index (χ1) is 11.8. The maximum Gasteiger partial charge on any atom is 0.511 e. The number of carbonyl (C=O) groups excluding carboxylic acids is 1. The van der Waals surface area contributed by atoms with Gasteiger partial charge in [-0.05, 0) is 24.9 Å². The van der Waals surface area contributed by atoms with Crippen molar-refractivity contribution in [3.05, 3.63) is 12.2 Å². The van der Waals surface area contributed by atoms with Gasteiger partial charge in [0, 0.05) is 13.1 Å². The van der Waals surface area contributed by atoms with Gasteiger partial charge in [0.1, 0.15) is 0 Å². The van der Waals surface area contributed by atoms with E-state index in [9.17, 15) is 39.6 Å². The van der Waals surface area contributed by atoms with Gasteiger partial charge in [-0.3, -0.25) is 4.79 Å². The molecule has 0 fully saturated rings. The molecule has 152 valence electrons. The molecule has 0 aliphatic carbocycles. The van der Waals surface area contributed by atoms with Gasteiger partial charge in [0.2, 0.25) is 0 Å². The van der Waals surface area contributed by atoms with Crippen LogP contribution in [0.2, 0.25) is 24.2 Å². The lowest BCUT2D eigenvalue weighted by atomic mass is 10.4. The van der Waals surface area contributed by atoms with Crippen LogP contribution in [0.5, 0.6) is 0 Å². The van der Waals surface area contributed by atoms with E-state index in [1.54, 1.807) is 5.32 Å². The van der Waals surface area contributed by atoms with Gasteiger partial charge in [-0.2, -0.15) is 26.3 Å². The van der Waals surface area contributed by atoms with Crippen molar-refractivity contribution in [2.45, 2.75) is 48.7 Å². The van der Waals surface area contributed by atoms with Crippen molar-refractivity contribution in [2.75, 3.05) is 13.1 Å². The fraction of sp³-hybridized carbons (Fsp3) is 0.769. The lowest BCUT2D eigenvalue weighted by Gasteiger charge is -2.27. The summed E-state index contributed by atoms with van der Waals surface area (Å²) >= 11 is 0. The van der Waals surface area contributed by atoms with Crippen LogP contribution < -0.4 is 10.0 Å². The van der Waals surface area contributed by atoms with Crippen molar-refractivity contribution < 1.29 is 39.6 Å². The molecule has 5 nitrogen and oxygen atoms in total. The van der Waals surface area contributed by atoms with Crippen molar-refractivity contribution in [3.63, 3.8) is 0 Å². The van der Waals surface area contributed by atoms with Crippen LogP contribution in [-0.2, 0) is 14.8 Å². The summed E-state index contributed by atoms with van der Waals surface area (Å²) in [6.07, 6.45) is -0.511. The van der Waals surface area contributed by atoms with Crippen LogP contribution in [0.25, 0.3) is 0 Å². The van der Waals surface area contributed by atoms with Gasteiger partial charge in [-0.25, -0.2) is 13.1 Å². The highest BCUT2D eigenvalue weighted by atomic mass is 32.2. The number of sulfonamides is 1. The van der Waals surface area contributed by atoms with Crippen molar-refractivity contribution in [1.82, 2.24) is 10.0 Å². The van der Waals surface area contributed by atoms with E-state index in [1.165, 1.54) is 4.72 Å². The van der Waals surface area contributed by atoms with E-state index in [2.05, 4.69) is 0 Å². The Bertz CT molecular complexity index is 610. The van der Waals surface area contributed by atoms with E-state index in [1.807, 2.05) is 12.2 Å². The molecule has 1 rings (SSSR count). The van der Waals surface area contributed by atoms with E-state index >= 15 is 0 Å². The van der Waals surface area contributed by atoms with Crippen LogP contribution in [0.3, 0.4) is 0 Å². The number of rotatable bonds is 9. The van der Waals surface area contributed by atoms with Gasteiger partial charge in [0.15, 0.2) is 0 Å². The molecule has 0 unspecified atom stereocenters. The van der Waals surface area contributed by atoms with Gasteiger partial charge in [0.25, 0.3) is 0 Å². The first kappa shape index (κ1) is 23.0. The molecule has 0 spiro atoms. The molecule has 1 aliphatic heterocycles. The zero-order chi connectivity index (χ0) is 20.1. The number of amides is 1. The van der Waals surface area contributed by atoms with Gasteiger partial charge in [-0.1, -0.05) is 24.2 Å². The number of allylic oxidation sites excluding steroid dienone is 2. The second-order valence-corrected chi connectivity index (χ2v) is 12.8. The average molecular weight is 426 g/mol. The van der Waals surface area contributed by atoms with E-state index < -0.39 is 35.7 Å². The summed E-state index contributed by atoms with van der Waals surface area (Å²) in [5.41, 5.74) is -5.35. The van der Waals surface area contributed by atoms with Crippen LogP contribution in [0.1, 0.15) is 12.8 Å². The third-order valence-electron chi connectivity index (χ3n) is 4.18. The largest absolute Gasteiger partial charge is 0.511 e. The first-order valence-corrected chi connectivity index (χ1v) is 12.2. The van der Waals surface area contributed by atoms with Gasteiger partial charge in [0.05, 0.1) is 8.07 Å². The van der Waals surface area contributed by atoms with Crippen molar-refractivity contribution in [3.8, 4) is 0 Å². The third kappa shape index (κ3) is 6.91. The minimum atomic E-state index is -5.36. The van der Waals surface area contributed by atoms with Crippen LogP contribution in [0.15, 0.2) is 12.2 Å². The number of nitrogens with one attached hydrogen (secondary N) is 2.